The minimum Gasteiger partial charge on any atom is -0.478 e. The third-order valence-corrected chi connectivity index (χ3v) is 4.37. The van der Waals surface area contributed by atoms with Gasteiger partial charge in [0.25, 0.3) is 0 Å². The van der Waals surface area contributed by atoms with E-state index in [0.717, 1.165) is 16.3 Å². The van der Waals surface area contributed by atoms with E-state index in [1.807, 2.05) is 19.1 Å². The predicted molar refractivity (Wildman–Crippen MR) is 86.1 cm³/mol. The summed E-state index contributed by atoms with van der Waals surface area (Å²) < 4.78 is 0.562. The van der Waals surface area contributed by atoms with Crippen molar-refractivity contribution in [3.05, 3.63) is 45.7 Å². The van der Waals surface area contributed by atoms with Gasteiger partial charge in [-0.25, -0.2) is 14.8 Å². The monoisotopic (exact) mass is 366 g/mol. The number of aromatic nitrogens is 2. The summed E-state index contributed by atoms with van der Waals surface area (Å²) in [5.41, 5.74) is 2.13. The van der Waals surface area contributed by atoms with Gasteiger partial charge in [0.1, 0.15) is 0 Å². The molecule has 1 N–H and O–H groups in total. The van der Waals surface area contributed by atoms with E-state index in [2.05, 4.69) is 39.7 Å². The zero-order valence-corrected chi connectivity index (χ0v) is 14.3. The average molecular weight is 367 g/mol. The van der Waals surface area contributed by atoms with Crippen LogP contribution < -0.4 is 0 Å². The second-order valence-corrected chi connectivity index (χ2v) is 6.82. The number of halogens is 1. The van der Waals surface area contributed by atoms with Crippen LogP contribution >= 0.6 is 27.7 Å². The molecule has 0 radical (unpaired) electrons. The highest BCUT2D eigenvalue weighted by Gasteiger charge is 2.12. The molecular formula is C15H15BrN2O2S. The molecule has 0 saturated heterocycles. The third-order valence-electron chi connectivity index (χ3n) is 2.82. The zero-order chi connectivity index (χ0) is 15.6. The van der Waals surface area contributed by atoms with Crippen LogP contribution in [-0.4, -0.2) is 21.0 Å². The lowest BCUT2D eigenvalue weighted by atomic mass is 10.1. The standard InChI is InChI=1S/C15H15BrN2O2S/c1-8(2)13-6-9(3)17-15(18-13)21-10-4-5-12(16)11(7-10)14(19)20/h4-8H,1-3H3,(H,19,20). The summed E-state index contributed by atoms with van der Waals surface area (Å²) in [5.74, 6) is -0.636. The molecule has 4 nitrogen and oxygen atoms in total. The number of carboxylic acid groups (broad SMARTS) is 1. The normalized spacial score (nSPS) is 10.9. The van der Waals surface area contributed by atoms with E-state index in [4.69, 9.17) is 5.11 Å². The van der Waals surface area contributed by atoms with Gasteiger partial charge in [0, 0.05) is 20.8 Å². The van der Waals surface area contributed by atoms with E-state index >= 15 is 0 Å². The van der Waals surface area contributed by atoms with Crippen LogP contribution in [0.25, 0.3) is 0 Å². The van der Waals surface area contributed by atoms with Crippen molar-refractivity contribution in [2.24, 2.45) is 0 Å². The fourth-order valence-electron chi connectivity index (χ4n) is 1.74. The Kier molecular flexibility index (Phi) is 5.00. The molecule has 0 aliphatic carbocycles. The molecule has 0 bridgehead atoms. The summed E-state index contributed by atoms with van der Waals surface area (Å²) in [5, 5.41) is 9.78. The maximum atomic E-state index is 11.2. The number of hydrogen-bond acceptors (Lipinski definition) is 4. The van der Waals surface area contributed by atoms with Crippen molar-refractivity contribution in [3.63, 3.8) is 0 Å². The van der Waals surface area contributed by atoms with Gasteiger partial charge >= 0.3 is 5.97 Å². The van der Waals surface area contributed by atoms with Gasteiger partial charge in [-0.1, -0.05) is 13.8 Å². The largest absolute Gasteiger partial charge is 0.478 e. The van der Waals surface area contributed by atoms with Gasteiger partial charge in [0.05, 0.1) is 5.56 Å². The van der Waals surface area contributed by atoms with Gasteiger partial charge in [-0.05, 0) is 64.8 Å². The van der Waals surface area contributed by atoms with Crippen molar-refractivity contribution >= 4 is 33.7 Å². The molecule has 0 atom stereocenters. The number of hydrogen-bond donors (Lipinski definition) is 1. The summed E-state index contributed by atoms with van der Waals surface area (Å²) in [7, 11) is 0. The van der Waals surface area contributed by atoms with Crippen LogP contribution in [0.3, 0.4) is 0 Å². The Balaban J connectivity index is 2.34. The lowest BCUT2D eigenvalue weighted by Crippen LogP contribution is -2.00. The maximum Gasteiger partial charge on any atom is 0.336 e. The van der Waals surface area contributed by atoms with Crippen molar-refractivity contribution in [2.45, 2.75) is 36.7 Å². The van der Waals surface area contributed by atoms with Crippen LogP contribution in [0.4, 0.5) is 0 Å². The number of aryl methyl sites for hydroxylation is 1. The van der Waals surface area contributed by atoms with Gasteiger partial charge in [-0.15, -0.1) is 0 Å². The molecule has 0 fully saturated rings. The molecule has 0 spiro atoms. The number of carbonyl (C=O) groups is 1. The molecule has 0 aliphatic heterocycles. The second-order valence-electron chi connectivity index (χ2n) is 4.92. The number of aromatic carboxylic acids is 1. The van der Waals surface area contributed by atoms with Crippen LogP contribution in [0.2, 0.25) is 0 Å². The van der Waals surface area contributed by atoms with E-state index in [1.165, 1.54) is 11.8 Å². The van der Waals surface area contributed by atoms with E-state index in [0.29, 0.717) is 15.5 Å². The molecule has 6 heteroatoms. The summed E-state index contributed by atoms with van der Waals surface area (Å²) in [6.45, 7) is 6.10. The fourth-order valence-corrected chi connectivity index (χ4v) is 3.02. The Morgan fingerprint density at radius 2 is 2.00 bits per heavy atom. The van der Waals surface area contributed by atoms with Crippen molar-refractivity contribution in [1.82, 2.24) is 9.97 Å². The van der Waals surface area contributed by atoms with Gasteiger partial charge < -0.3 is 5.11 Å². The molecule has 1 aromatic heterocycles. The highest BCUT2D eigenvalue weighted by atomic mass is 79.9. The predicted octanol–water partition coefficient (Wildman–Crippen LogP) is 4.52. The molecule has 2 rings (SSSR count). The molecule has 0 amide bonds. The summed E-state index contributed by atoms with van der Waals surface area (Å²) >= 11 is 4.60. The summed E-state index contributed by atoms with van der Waals surface area (Å²) in [6.07, 6.45) is 0. The van der Waals surface area contributed by atoms with Crippen molar-refractivity contribution in [3.8, 4) is 0 Å². The topological polar surface area (TPSA) is 63.1 Å². The van der Waals surface area contributed by atoms with Crippen LogP contribution in [-0.2, 0) is 0 Å². The molecular weight excluding hydrogens is 352 g/mol. The van der Waals surface area contributed by atoms with Crippen LogP contribution in [0.1, 0.15) is 41.5 Å². The second kappa shape index (κ2) is 6.58. The van der Waals surface area contributed by atoms with Crippen molar-refractivity contribution in [1.29, 1.82) is 0 Å². The minimum atomic E-state index is -0.961. The summed E-state index contributed by atoms with van der Waals surface area (Å²) in [6, 6.07) is 7.17. The Hall–Kier alpha value is -1.40. The van der Waals surface area contributed by atoms with Gasteiger partial charge in [0.2, 0.25) is 0 Å². The highest BCUT2D eigenvalue weighted by Crippen LogP contribution is 2.29. The Morgan fingerprint density at radius 3 is 2.62 bits per heavy atom. The van der Waals surface area contributed by atoms with Crippen molar-refractivity contribution < 1.29 is 9.90 Å². The van der Waals surface area contributed by atoms with E-state index in [-0.39, 0.29) is 5.56 Å². The Labute approximate surface area is 136 Å². The maximum absolute atomic E-state index is 11.2. The lowest BCUT2D eigenvalue weighted by molar-refractivity contribution is 0.0695. The molecule has 2 aromatic rings. The van der Waals surface area contributed by atoms with Gasteiger partial charge in [-0.2, -0.15) is 0 Å². The van der Waals surface area contributed by atoms with E-state index < -0.39 is 5.97 Å². The van der Waals surface area contributed by atoms with E-state index in [9.17, 15) is 4.79 Å². The molecule has 0 unspecified atom stereocenters. The first-order valence-corrected chi connectivity index (χ1v) is 8.04. The number of rotatable bonds is 4. The van der Waals surface area contributed by atoms with Gasteiger partial charge in [-0.3, -0.25) is 0 Å². The Bertz CT molecular complexity index is 689. The number of nitrogens with zero attached hydrogens (tertiary/aromatic N) is 2. The molecule has 0 saturated carbocycles. The molecule has 1 aromatic carbocycles. The first-order chi connectivity index (χ1) is 9.86. The quantitative estimate of drug-likeness (QED) is 0.805. The van der Waals surface area contributed by atoms with Crippen LogP contribution in [0.15, 0.2) is 38.8 Å². The number of benzene rings is 1. The van der Waals surface area contributed by atoms with Crippen molar-refractivity contribution in [2.75, 3.05) is 0 Å². The van der Waals surface area contributed by atoms with Gasteiger partial charge in [0.15, 0.2) is 5.16 Å². The first kappa shape index (κ1) is 16.0. The third kappa shape index (κ3) is 4.04. The molecule has 0 aliphatic rings. The minimum absolute atomic E-state index is 0.233. The summed E-state index contributed by atoms with van der Waals surface area (Å²) in [4.78, 5) is 20.9. The average Bonchev–Trinajstić information content (AvgIpc) is 2.40. The van der Waals surface area contributed by atoms with E-state index in [1.54, 1.807) is 12.1 Å². The smallest absolute Gasteiger partial charge is 0.336 e. The molecule has 1 heterocycles. The fraction of sp³-hybridized carbons (Fsp3) is 0.267. The number of carboxylic acids is 1. The molecule has 110 valence electrons. The highest BCUT2D eigenvalue weighted by molar-refractivity contribution is 9.10. The SMILES string of the molecule is Cc1cc(C(C)C)nc(Sc2ccc(Br)c(C(=O)O)c2)n1. The zero-order valence-electron chi connectivity index (χ0n) is 11.9. The first-order valence-electron chi connectivity index (χ1n) is 6.43. The lowest BCUT2D eigenvalue weighted by Gasteiger charge is -2.08. The van der Waals surface area contributed by atoms with Crippen LogP contribution in [0.5, 0.6) is 0 Å². The van der Waals surface area contributed by atoms with Crippen LogP contribution in [0, 0.1) is 6.92 Å². The molecule has 21 heavy (non-hydrogen) atoms. The Morgan fingerprint density at radius 1 is 1.29 bits per heavy atom.